The standard InChI is InChI=1S/C12H16O5S/c1-4-8-6-10(17-5-2)9(12(13)14)7-11(8)18(3,15)16/h6-7H,4-5H2,1-3H3,(H,13,14). The number of rotatable bonds is 5. The Morgan fingerprint density at radius 3 is 2.33 bits per heavy atom. The van der Waals surface area contributed by atoms with Gasteiger partial charge in [-0.25, -0.2) is 13.2 Å². The van der Waals surface area contributed by atoms with Gasteiger partial charge in [0.1, 0.15) is 11.3 Å². The number of carbonyl (C=O) groups is 1. The quantitative estimate of drug-likeness (QED) is 0.883. The maximum atomic E-state index is 11.6. The Labute approximate surface area is 106 Å². The second kappa shape index (κ2) is 5.39. The Kier molecular flexibility index (Phi) is 4.34. The van der Waals surface area contributed by atoms with E-state index < -0.39 is 15.8 Å². The summed E-state index contributed by atoms with van der Waals surface area (Å²) in [4.78, 5) is 11.1. The monoisotopic (exact) mass is 272 g/mol. The fourth-order valence-electron chi connectivity index (χ4n) is 1.67. The summed E-state index contributed by atoms with van der Waals surface area (Å²) in [7, 11) is -3.45. The lowest BCUT2D eigenvalue weighted by molar-refractivity contribution is 0.0692. The molecule has 0 saturated heterocycles. The second-order valence-electron chi connectivity index (χ2n) is 3.82. The first-order valence-electron chi connectivity index (χ1n) is 5.54. The van der Waals surface area contributed by atoms with Gasteiger partial charge in [0, 0.05) is 6.26 Å². The molecule has 0 atom stereocenters. The van der Waals surface area contributed by atoms with Gasteiger partial charge in [0.15, 0.2) is 9.84 Å². The molecule has 0 heterocycles. The highest BCUT2D eigenvalue weighted by Gasteiger charge is 2.20. The van der Waals surface area contributed by atoms with Crippen molar-refractivity contribution in [3.8, 4) is 5.75 Å². The molecule has 1 rings (SSSR count). The average Bonchev–Trinajstić information content (AvgIpc) is 2.27. The first kappa shape index (κ1) is 14.5. The summed E-state index contributed by atoms with van der Waals surface area (Å²) in [5.41, 5.74) is 0.431. The summed E-state index contributed by atoms with van der Waals surface area (Å²) in [5.74, 6) is -1.000. The molecule has 0 aliphatic rings. The fraction of sp³-hybridized carbons (Fsp3) is 0.417. The molecule has 6 heteroatoms. The lowest BCUT2D eigenvalue weighted by Gasteiger charge is -2.12. The number of hydrogen-bond donors (Lipinski definition) is 1. The molecule has 100 valence electrons. The smallest absolute Gasteiger partial charge is 0.339 e. The van der Waals surface area contributed by atoms with Crippen molar-refractivity contribution in [3.05, 3.63) is 23.3 Å². The maximum Gasteiger partial charge on any atom is 0.339 e. The van der Waals surface area contributed by atoms with Crippen LogP contribution in [0.4, 0.5) is 0 Å². The van der Waals surface area contributed by atoms with E-state index in [1.807, 2.05) is 0 Å². The number of aromatic carboxylic acids is 1. The van der Waals surface area contributed by atoms with Crippen molar-refractivity contribution in [3.63, 3.8) is 0 Å². The van der Waals surface area contributed by atoms with Gasteiger partial charge in [-0.15, -0.1) is 0 Å². The van der Waals surface area contributed by atoms with Gasteiger partial charge in [0.2, 0.25) is 0 Å². The second-order valence-corrected chi connectivity index (χ2v) is 5.80. The third-order valence-corrected chi connectivity index (χ3v) is 3.65. The maximum absolute atomic E-state index is 11.6. The number of carboxylic acid groups (broad SMARTS) is 1. The van der Waals surface area contributed by atoms with Crippen LogP contribution in [0.1, 0.15) is 29.8 Å². The average molecular weight is 272 g/mol. The van der Waals surface area contributed by atoms with E-state index >= 15 is 0 Å². The van der Waals surface area contributed by atoms with Gasteiger partial charge in [0.25, 0.3) is 0 Å². The Morgan fingerprint density at radius 2 is 1.94 bits per heavy atom. The van der Waals surface area contributed by atoms with Crippen LogP contribution >= 0.6 is 0 Å². The summed E-state index contributed by atoms with van der Waals surface area (Å²) in [6, 6.07) is 2.66. The minimum Gasteiger partial charge on any atom is -0.493 e. The van der Waals surface area contributed by atoms with Crippen LogP contribution in [-0.2, 0) is 16.3 Å². The lowest BCUT2D eigenvalue weighted by atomic mass is 10.1. The molecule has 0 amide bonds. The zero-order valence-corrected chi connectivity index (χ0v) is 11.4. The van der Waals surface area contributed by atoms with Crippen molar-refractivity contribution in [2.45, 2.75) is 25.2 Å². The SMILES string of the molecule is CCOc1cc(CC)c(S(C)(=O)=O)cc1C(=O)O. The van der Waals surface area contributed by atoms with E-state index in [9.17, 15) is 13.2 Å². The van der Waals surface area contributed by atoms with E-state index in [1.54, 1.807) is 13.8 Å². The zero-order valence-electron chi connectivity index (χ0n) is 10.6. The van der Waals surface area contributed by atoms with Gasteiger partial charge in [-0.05, 0) is 31.0 Å². The van der Waals surface area contributed by atoms with Crippen LogP contribution in [0.3, 0.4) is 0 Å². The molecule has 1 N–H and O–H groups in total. The Morgan fingerprint density at radius 1 is 1.33 bits per heavy atom. The number of benzene rings is 1. The highest BCUT2D eigenvalue weighted by molar-refractivity contribution is 7.90. The van der Waals surface area contributed by atoms with Gasteiger partial charge >= 0.3 is 5.97 Å². The first-order chi connectivity index (χ1) is 8.31. The Hall–Kier alpha value is -1.56. The van der Waals surface area contributed by atoms with E-state index in [0.717, 1.165) is 6.26 Å². The van der Waals surface area contributed by atoms with Crippen molar-refractivity contribution in [1.29, 1.82) is 0 Å². The molecule has 1 aromatic carbocycles. The van der Waals surface area contributed by atoms with Crippen LogP contribution in [0, 0.1) is 0 Å². The van der Waals surface area contributed by atoms with E-state index in [-0.39, 0.29) is 16.2 Å². The molecule has 18 heavy (non-hydrogen) atoms. The van der Waals surface area contributed by atoms with E-state index in [4.69, 9.17) is 9.84 Å². The molecular weight excluding hydrogens is 256 g/mol. The highest BCUT2D eigenvalue weighted by atomic mass is 32.2. The van der Waals surface area contributed by atoms with Crippen molar-refractivity contribution >= 4 is 15.8 Å². The molecule has 1 aromatic rings. The molecule has 0 saturated carbocycles. The largest absolute Gasteiger partial charge is 0.493 e. The van der Waals surface area contributed by atoms with Crippen LogP contribution in [0.25, 0.3) is 0 Å². The topological polar surface area (TPSA) is 80.7 Å². The first-order valence-corrected chi connectivity index (χ1v) is 7.43. The Balaban J connectivity index is 3.56. The zero-order chi connectivity index (χ0) is 13.9. The minimum absolute atomic E-state index is 0.0471. The molecule has 0 fully saturated rings. The molecule has 0 aliphatic heterocycles. The van der Waals surface area contributed by atoms with Crippen LogP contribution in [0.5, 0.6) is 5.75 Å². The van der Waals surface area contributed by atoms with E-state index in [0.29, 0.717) is 18.6 Å². The molecule has 0 radical (unpaired) electrons. The van der Waals surface area contributed by atoms with Gasteiger partial charge in [-0.2, -0.15) is 0 Å². The summed E-state index contributed by atoms with van der Waals surface area (Å²) < 4.78 is 28.5. The van der Waals surface area contributed by atoms with Gasteiger partial charge < -0.3 is 9.84 Å². The number of aryl methyl sites for hydroxylation is 1. The predicted octanol–water partition coefficient (Wildman–Crippen LogP) is 1.75. The van der Waals surface area contributed by atoms with Gasteiger partial charge in [-0.3, -0.25) is 0 Å². The Bertz CT molecular complexity index is 560. The van der Waals surface area contributed by atoms with Gasteiger partial charge in [-0.1, -0.05) is 6.92 Å². The van der Waals surface area contributed by atoms with E-state index in [1.165, 1.54) is 12.1 Å². The summed E-state index contributed by atoms with van der Waals surface area (Å²) in [6.07, 6.45) is 1.55. The fourth-order valence-corrected chi connectivity index (χ4v) is 2.68. The van der Waals surface area contributed by atoms with Crippen LogP contribution in [-0.4, -0.2) is 32.4 Å². The van der Waals surface area contributed by atoms with Crippen LogP contribution in [0.15, 0.2) is 17.0 Å². The van der Waals surface area contributed by atoms with Crippen molar-refractivity contribution < 1.29 is 23.1 Å². The summed E-state index contributed by atoms with van der Waals surface area (Å²) in [5, 5.41) is 9.07. The molecule has 0 aliphatic carbocycles. The molecule has 0 spiro atoms. The number of ether oxygens (including phenoxy) is 1. The normalized spacial score (nSPS) is 11.3. The third-order valence-electron chi connectivity index (χ3n) is 2.47. The molecule has 0 unspecified atom stereocenters. The molecular formula is C12H16O5S. The van der Waals surface area contributed by atoms with Crippen molar-refractivity contribution in [2.75, 3.05) is 12.9 Å². The number of hydrogen-bond acceptors (Lipinski definition) is 4. The third kappa shape index (κ3) is 3.01. The predicted molar refractivity (Wildman–Crippen MR) is 67.1 cm³/mol. The van der Waals surface area contributed by atoms with Crippen LogP contribution in [0.2, 0.25) is 0 Å². The summed E-state index contributed by atoms with van der Waals surface area (Å²) in [6.45, 7) is 3.86. The molecule has 5 nitrogen and oxygen atoms in total. The summed E-state index contributed by atoms with van der Waals surface area (Å²) >= 11 is 0. The molecule has 0 bridgehead atoms. The highest BCUT2D eigenvalue weighted by Crippen LogP contribution is 2.27. The number of carboxylic acids is 1. The number of sulfone groups is 1. The minimum atomic E-state index is -3.45. The van der Waals surface area contributed by atoms with Crippen molar-refractivity contribution in [2.24, 2.45) is 0 Å². The van der Waals surface area contributed by atoms with Crippen molar-refractivity contribution in [1.82, 2.24) is 0 Å². The van der Waals surface area contributed by atoms with Gasteiger partial charge in [0.05, 0.1) is 11.5 Å². The van der Waals surface area contributed by atoms with E-state index in [2.05, 4.69) is 0 Å². The lowest BCUT2D eigenvalue weighted by Crippen LogP contribution is -2.09. The molecule has 0 aromatic heterocycles. The van der Waals surface area contributed by atoms with Crippen LogP contribution < -0.4 is 4.74 Å².